The van der Waals surface area contributed by atoms with E-state index in [9.17, 15) is 4.79 Å². The standard InChI is InChI=1S/C23H24O6/c24-21-20-19(15-27-23(21)16-25-11-12-26-23)28-22(29-20,13-17-7-3-1-4-8-17)14-18-9-5-2-6-10-18/h1-10,19-20H,11-16H2/t19-,20-,23-/m1/s1. The Balaban J connectivity index is 1.44. The summed E-state index contributed by atoms with van der Waals surface area (Å²) >= 11 is 0. The fraction of sp³-hybridized carbons (Fsp3) is 0.435. The molecular formula is C23H24O6. The van der Waals surface area contributed by atoms with Gasteiger partial charge in [-0.25, -0.2) is 0 Å². The van der Waals surface area contributed by atoms with Gasteiger partial charge in [-0.15, -0.1) is 0 Å². The maximum Gasteiger partial charge on any atom is 0.256 e. The molecule has 3 atom stereocenters. The summed E-state index contributed by atoms with van der Waals surface area (Å²) < 4.78 is 29.8. The molecule has 0 N–H and O–H groups in total. The van der Waals surface area contributed by atoms with Crippen molar-refractivity contribution in [2.45, 2.75) is 36.6 Å². The SMILES string of the molecule is O=C1[C@@H]2OC(Cc3ccccc3)(Cc3ccccc3)O[C@@H]2CO[C@]12COCCO2. The van der Waals surface area contributed by atoms with E-state index in [1.807, 2.05) is 60.7 Å². The quantitative estimate of drug-likeness (QED) is 0.790. The maximum atomic E-state index is 13.2. The van der Waals surface area contributed by atoms with Crippen LogP contribution < -0.4 is 0 Å². The molecule has 1 spiro atoms. The first kappa shape index (κ1) is 18.9. The van der Waals surface area contributed by atoms with Crippen LogP contribution in [0.15, 0.2) is 60.7 Å². The van der Waals surface area contributed by atoms with Crippen LogP contribution in [0.4, 0.5) is 0 Å². The lowest BCUT2D eigenvalue weighted by molar-refractivity contribution is -0.294. The average Bonchev–Trinajstić information content (AvgIpc) is 3.12. The van der Waals surface area contributed by atoms with Gasteiger partial charge in [-0.05, 0) is 11.1 Å². The van der Waals surface area contributed by atoms with E-state index < -0.39 is 23.8 Å². The summed E-state index contributed by atoms with van der Waals surface area (Å²) in [7, 11) is 0. The van der Waals surface area contributed by atoms with Gasteiger partial charge >= 0.3 is 0 Å². The Labute approximate surface area is 169 Å². The van der Waals surface area contributed by atoms with Gasteiger partial charge in [0.2, 0.25) is 5.78 Å². The number of fused-ring (bicyclic) bond motifs is 1. The van der Waals surface area contributed by atoms with E-state index in [4.69, 9.17) is 23.7 Å². The molecule has 6 nitrogen and oxygen atoms in total. The van der Waals surface area contributed by atoms with Crippen molar-refractivity contribution in [2.75, 3.05) is 26.4 Å². The fourth-order valence-corrected chi connectivity index (χ4v) is 4.30. The van der Waals surface area contributed by atoms with E-state index in [2.05, 4.69) is 0 Å². The van der Waals surface area contributed by atoms with Gasteiger partial charge in [0.25, 0.3) is 5.79 Å². The minimum absolute atomic E-state index is 0.0861. The van der Waals surface area contributed by atoms with Gasteiger partial charge in [-0.2, -0.15) is 0 Å². The van der Waals surface area contributed by atoms with E-state index in [0.717, 1.165) is 11.1 Å². The molecule has 3 aliphatic rings. The summed E-state index contributed by atoms with van der Waals surface area (Å²) in [5.74, 6) is -2.58. The van der Waals surface area contributed by atoms with Crippen LogP contribution in [-0.4, -0.2) is 56.0 Å². The largest absolute Gasteiger partial charge is 0.373 e. The summed E-state index contributed by atoms with van der Waals surface area (Å²) in [4.78, 5) is 13.2. The number of benzene rings is 2. The van der Waals surface area contributed by atoms with E-state index in [-0.39, 0.29) is 19.0 Å². The Morgan fingerprint density at radius 1 is 0.828 bits per heavy atom. The minimum atomic E-state index is -1.38. The van der Waals surface area contributed by atoms with Crippen molar-refractivity contribution in [1.82, 2.24) is 0 Å². The highest BCUT2D eigenvalue weighted by Crippen LogP contribution is 2.41. The van der Waals surface area contributed by atoms with Crippen molar-refractivity contribution in [3.8, 4) is 0 Å². The second-order valence-electron chi connectivity index (χ2n) is 7.76. The number of ether oxygens (including phenoxy) is 5. The topological polar surface area (TPSA) is 63.2 Å². The first-order chi connectivity index (χ1) is 14.2. The summed E-state index contributed by atoms with van der Waals surface area (Å²) in [6.45, 7) is 1.09. The van der Waals surface area contributed by atoms with Crippen LogP contribution in [0.5, 0.6) is 0 Å². The molecule has 5 rings (SSSR count). The smallest absolute Gasteiger partial charge is 0.256 e. The number of rotatable bonds is 4. The predicted molar refractivity (Wildman–Crippen MR) is 103 cm³/mol. The third-order valence-corrected chi connectivity index (χ3v) is 5.65. The number of carbonyl (C=O) groups excluding carboxylic acids is 1. The molecule has 0 unspecified atom stereocenters. The first-order valence-electron chi connectivity index (χ1n) is 10.0. The zero-order chi connectivity index (χ0) is 19.7. The molecule has 3 fully saturated rings. The lowest BCUT2D eigenvalue weighted by Crippen LogP contribution is -2.62. The van der Waals surface area contributed by atoms with Crippen LogP contribution >= 0.6 is 0 Å². The van der Waals surface area contributed by atoms with Crippen LogP contribution in [0.1, 0.15) is 11.1 Å². The molecule has 2 aromatic rings. The van der Waals surface area contributed by atoms with Gasteiger partial charge in [-0.1, -0.05) is 60.7 Å². The molecule has 29 heavy (non-hydrogen) atoms. The van der Waals surface area contributed by atoms with Crippen LogP contribution in [0, 0.1) is 0 Å². The molecule has 0 saturated carbocycles. The van der Waals surface area contributed by atoms with E-state index >= 15 is 0 Å². The van der Waals surface area contributed by atoms with Gasteiger partial charge < -0.3 is 23.7 Å². The molecule has 0 aromatic heterocycles. The van der Waals surface area contributed by atoms with Gasteiger partial charge in [0.1, 0.15) is 12.7 Å². The zero-order valence-corrected chi connectivity index (χ0v) is 16.1. The molecule has 0 bridgehead atoms. The lowest BCUT2D eigenvalue weighted by Gasteiger charge is -2.40. The average molecular weight is 396 g/mol. The van der Waals surface area contributed by atoms with E-state index in [0.29, 0.717) is 26.1 Å². The Morgan fingerprint density at radius 3 is 2.07 bits per heavy atom. The van der Waals surface area contributed by atoms with Crippen molar-refractivity contribution in [3.05, 3.63) is 71.8 Å². The monoisotopic (exact) mass is 396 g/mol. The number of hydrogen-bond acceptors (Lipinski definition) is 6. The lowest BCUT2D eigenvalue weighted by atomic mass is 9.97. The molecule has 0 aliphatic carbocycles. The van der Waals surface area contributed by atoms with Crippen molar-refractivity contribution in [2.24, 2.45) is 0 Å². The Hall–Kier alpha value is -2.09. The number of ketones is 1. The van der Waals surface area contributed by atoms with Gasteiger partial charge in [0.05, 0.1) is 19.8 Å². The molecule has 2 aromatic carbocycles. The summed E-state index contributed by atoms with van der Waals surface area (Å²) in [5.41, 5.74) is 2.17. The zero-order valence-electron chi connectivity index (χ0n) is 16.1. The van der Waals surface area contributed by atoms with Crippen molar-refractivity contribution in [1.29, 1.82) is 0 Å². The van der Waals surface area contributed by atoms with Crippen LogP contribution in [0.25, 0.3) is 0 Å². The minimum Gasteiger partial charge on any atom is -0.373 e. The van der Waals surface area contributed by atoms with E-state index in [1.165, 1.54) is 0 Å². The maximum absolute atomic E-state index is 13.2. The molecule has 0 amide bonds. The molecule has 0 radical (unpaired) electrons. The van der Waals surface area contributed by atoms with Crippen molar-refractivity contribution >= 4 is 5.78 Å². The number of hydrogen-bond donors (Lipinski definition) is 0. The van der Waals surface area contributed by atoms with Gasteiger partial charge in [0.15, 0.2) is 11.9 Å². The molecule has 152 valence electrons. The highest BCUT2D eigenvalue weighted by molar-refractivity contribution is 5.91. The predicted octanol–water partition coefficient (Wildman–Crippen LogP) is 2.29. The molecular weight excluding hydrogens is 372 g/mol. The van der Waals surface area contributed by atoms with Gasteiger partial charge in [-0.3, -0.25) is 4.79 Å². The molecule has 3 saturated heterocycles. The van der Waals surface area contributed by atoms with Crippen LogP contribution in [-0.2, 0) is 41.3 Å². The summed E-state index contributed by atoms with van der Waals surface area (Å²) in [6.07, 6.45) is -0.134. The van der Waals surface area contributed by atoms with Crippen molar-refractivity contribution in [3.63, 3.8) is 0 Å². The second kappa shape index (κ2) is 7.63. The van der Waals surface area contributed by atoms with Crippen LogP contribution in [0.3, 0.4) is 0 Å². The summed E-state index contributed by atoms with van der Waals surface area (Å²) in [5, 5.41) is 0. The third-order valence-electron chi connectivity index (χ3n) is 5.65. The third kappa shape index (κ3) is 3.63. The Morgan fingerprint density at radius 2 is 1.48 bits per heavy atom. The van der Waals surface area contributed by atoms with Crippen LogP contribution in [0.2, 0.25) is 0 Å². The fourth-order valence-electron chi connectivity index (χ4n) is 4.30. The molecule has 3 heterocycles. The number of Topliss-reactive ketones (excluding diaryl/α,β-unsaturated/α-hetero) is 1. The number of carbonyl (C=O) groups is 1. The highest BCUT2D eigenvalue weighted by Gasteiger charge is 2.60. The second-order valence-corrected chi connectivity index (χ2v) is 7.76. The van der Waals surface area contributed by atoms with E-state index in [1.54, 1.807) is 0 Å². The Bertz CT molecular complexity index is 805. The summed E-state index contributed by atoms with van der Waals surface area (Å²) in [6, 6.07) is 20.1. The van der Waals surface area contributed by atoms with Crippen molar-refractivity contribution < 1.29 is 28.5 Å². The Kier molecular flexibility index (Phi) is 4.97. The van der Waals surface area contributed by atoms with Gasteiger partial charge in [0, 0.05) is 12.8 Å². The normalized spacial score (nSPS) is 31.0. The highest BCUT2D eigenvalue weighted by atomic mass is 16.8. The molecule has 6 heteroatoms. The first-order valence-corrected chi connectivity index (χ1v) is 10.0. The molecule has 3 aliphatic heterocycles.